The molecule has 0 amide bonds. The number of ether oxygens (including phenoxy) is 3. The van der Waals surface area contributed by atoms with E-state index in [1.165, 1.54) is 19.3 Å². The van der Waals surface area contributed by atoms with E-state index in [1.807, 2.05) is 0 Å². The van der Waals surface area contributed by atoms with Gasteiger partial charge < -0.3 is 28.6 Å². The van der Waals surface area contributed by atoms with Gasteiger partial charge in [-0.3, -0.25) is 9.59 Å². The summed E-state index contributed by atoms with van der Waals surface area (Å²) in [7, 11) is 5.38. The Morgan fingerprint density at radius 3 is 1.45 bits per heavy atom. The number of rotatable bonds is 39. The number of nitrogens with zero attached hydrogens (tertiary/aromatic N) is 1. The molecule has 0 bridgehead atoms. The summed E-state index contributed by atoms with van der Waals surface area (Å²) < 4.78 is 17.1. The smallest absolute Gasteiger partial charge is 0.306 e. The molecule has 0 rings (SSSR count). The van der Waals surface area contributed by atoms with Crippen molar-refractivity contribution in [3.8, 4) is 0 Å². The molecule has 0 aliphatic carbocycles. The molecule has 0 aromatic heterocycles. The van der Waals surface area contributed by atoms with E-state index in [2.05, 4.69) is 98.9 Å². The van der Waals surface area contributed by atoms with Gasteiger partial charge in [-0.2, -0.15) is 0 Å². The first-order chi connectivity index (χ1) is 28.1. The zero-order valence-corrected chi connectivity index (χ0v) is 37.4. The summed E-state index contributed by atoms with van der Waals surface area (Å²) >= 11 is 0. The molecule has 8 nitrogen and oxygen atoms in total. The van der Waals surface area contributed by atoms with Crippen LogP contribution in [0.5, 0.6) is 0 Å². The molecule has 2 unspecified atom stereocenters. The molecular weight excluding hydrogens is 727 g/mol. The number of carboxylic acids is 1. The highest BCUT2D eigenvalue weighted by Crippen LogP contribution is 2.12. The Morgan fingerprint density at radius 1 is 0.534 bits per heavy atom. The van der Waals surface area contributed by atoms with Gasteiger partial charge in [0.1, 0.15) is 12.6 Å². The first-order valence-corrected chi connectivity index (χ1v) is 22.6. The Hall–Kier alpha value is -3.49. The standard InChI is InChI=1S/C50H83NO7/c1-6-8-10-12-14-16-18-19-20-21-22-23-24-25-26-27-28-29-31-33-35-37-39-41-49(53)58-46(44-56-43-42-47(50(54)55)51(3,4)5)45-57-48(52)40-38-36-34-32-30-17-15-13-11-9-7-2/h8,10,13-16,19-20,22-23,25-26,28-29,46-47H,6-7,9,11-12,17-18,21,24,27,30-45H2,1-5H3/b10-8+,15-13+,16-14+,20-19+,23-22+,26-25+,29-28+. The molecule has 0 aliphatic heterocycles. The predicted octanol–water partition coefficient (Wildman–Crippen LogP) is 11.2. The van der Waals surface area contributed by atoms with Crippen molar-refractivity contribution in [1.29, 1.82) is 0 Å². The number of hydrogen-bond donors (Lipinski definition) is 0. The minimum absolute atomic E-state index is 0.0226. The van der Waals surface area contributed by atoms with E-state index >= 15 is 0 Å². The van der Waals surface area contributed by atoms with Crippen LogP contribution in [0.4, 0.5) is 0 Å². The molecule has 0 aromatic carbocycles. The topological polar surface area (TPSA) is 102 Å². The second kappa shape index (κ2) is 40.3. The Morgan fingerprint density at radius 2 is 0.966 bits per heavy atom. The first kappa shape index (κ1) is 54.5. The number of carboxylic acid groups (broad SMARTS) is 1. The van der Waals surface area contributed by atoms with Crippen LogP contribution in [0.15, 0.2) is 85.1 Å². The average molecular weight is 810 g/mol. The number of aliphatic carboxylic acids is 1. The average Bonchev–Trinajstić information content (AvgIpc) is 3.18. The zero-order chi connectivity index (χ0) is 42.8. The third kappa shape index (κ3) is 38.1. The van der Waals surface area contributed by atoms with Crippen LogP contribution in [0.1, 0.15) is 162 Å². The second-order valence-electron chi connectivity index (χ2n) is 15.9. The van der Waals surface area contributed by atoms with Gasteiger partial charge in [-0.1, -0.05) is 144 Å². The molecule has 0 spiro atoms. The van der Waals surface area contributed by atoms with Crippen LogP contribution in [0.3, 0.4) is 0 Å². The SMILES string of the molecule is CC/C=C/C/C=C/C/C=C/C/C=C/C/C=C/C/C=C/CCCCCCC(=O)OC(COCCC(C(=O)[O-])[N+](C)(C)C)COC(=O)CCCCCCC/C=C/CCCC. The normalized spacial score (nSPS) is 13.7. The number of carbonyl (C=O) groups is 3. The van der Waals surface area contributed by atoms with E-state index in [9.17, 15) is 19.5 Å². The van der Waals surface area contributed by atoms with Crippen molar-refractivity contribution in [2.45, 2.75) is 174 Å². The lowest BCUT2D eigenvalue weighted by Gasteiger charge is -2.34. The Bertz CT molecular complexity index is 1220. The molecule has 0 N–H and O–H groups in total. The fourth-order valence-electron chi connectivity index (χ4n) is 5.99. The lowest BCUT2D eigenvalue weighted by molar-refractivity contribution is -0.889. The van der Waals surface area contributed by atoms with Crippen molar-refractivity contribution >= 4 is 17.9 Å². The molecular formula is C50H83NO7. The summed E-state index contributed by atoms with van der Waals surface area (Å²) in [6.07, 6.45) is 51.8. The van der Waals surface area contributed by atoms with Gasteiger partial charge in [0.25, 0.3) is 0 Å². The van der Waals surface area contributed by atoms with E-state index in [-0.39, 0.29) is 49.1 Å². The Balaban J connectivity index is 4.37. The predicted molar refractivity (Wildman–Crippen MR) is 240 cm³/mol. The van der Waals surface area contributed by atoms with E-state index in [4.69, 9.17) is 14.2 Å². The van der Waals surface area contributed by atoms with Gasteiger partial charge in [-0.05, 0) is 83.5 Å². The number of allylic oxidation sites excluding steroid dienone is 14. The van der Waals surface area contributed by atoms with Gasteiger partial charge in [-0.25, -0.2) is 0 Å². The van der Waals surface area contributed by atoms with Gasteiger partial charge in [0.2, 0.25) is 0 Å². The molecule has 8 heteroatoms. The number of likely N-dealkylation sites (N-methyl/N-ethyl adjacent to an activating group) is 1. The number of hydrogen-bond acceptors (Lipinski definition) is 7. The number of carbonyl (C=O) groups excluding carboxylic acids is 3. The van der Waals surface area contributed by atoms with Crippen molar-refractivity contribution in [2.24, 2.45) is 0 Å². The summed E-state index contributed by atoms with van der Waals surface area (Å²) in [5.41, 5.74) is 0. The monoisotopic (exact) mass is 810 g/mol. The minimum atomic E-state index is -1.13. The highest BCUT2D eigenvalue weighted by atomic mass is 16.6. The van der Waals surface area contributed by atoms with Crippen LogP contribution < -0.4 is 5.11 Å². The summed E-state index contributed by atoms with van der Waals surface area (Å²) in [5.74, 6) is -1.79. The van der Waals surface area contributed by atoms with Crippen molar-refractivity contribution in [3.63, 3.8) is 0 Å². The summed E-state index contributed by atoms with van der Waals surface area (Å²) in [6, 6.07) is -0.736. The zero-order valence-electron chi connectivity index (χ0n) is 37.4. The maximum absolute atomic E-state index is 12.7. The number of esters is 2. The van der Waals surface area contributed by atoms with Crippen LogP contribution in [0, 0.1) is 0 Å². The van der Waals surface area contributed by atoms with Gasteiger partial charge >= 0.3 is 11.9 Å². The second-order valence-corrected chi connectivity index (χ2v) is 15.9. The van der Waals surface area contributed by atoms with Crippen LogP contribution >= 0.6 is 0 Å². The largest absolute Gasteiger partial charge is 0.544 e. The molecule has 2 atom stereocenters. The quantitative estimate of drug-likeness (QED) is 0.0264. The minimum Gasteiger partial charge on any atom is -0.544 e. The molecule has 0 fully saturated rings. The fraction of sp³-hybridized carbons (Fsp3) is 0.660. The van der Waals surface area contributed by atoms with Crippen molar-refractivity contribution < 1.29 is 38.2 Å². The van der Waals surface area contributed by atoms with Crippen LogP contribution in [0.2, 0.25) is 0 Å². The van der Waals surface area contributed by atoms with Crippen LogP contribution in [-0.4, -0.2) is 75.5 Å². The first-order valence-electron chi connectivity index (χ1n) is 22.6. The lowest BCUT2D eigenvalue weighted by atomic mass is 10.1. The van der Waals surface area contributed by atoms with Gasteiger partial charge in [0.15, 0.2) is 6.10 Å². The van der Waals surface area contributed by atoms with Gasteiger partial charge in [0.05, 0.1) is 40.3 Å². The summed E-state index contributed by atoms with van der Waals surface area (Å²) in [6.45, 7) is 4.45. The van der Waals surface area contributed by atoms with Gasteiger partial charge in [-0.15, -0.1) is 0 Å². The Kier molecular flexibility index (Phi) is 37.9. The lowest BCUT2D eigenvalue weighted by Crippen LogP contribution is -2.55. The molecule has 0 saturated heterocycles. The van der Waals surface area contributed by atoms with E-state index < -0.39 is 18.1 Å². The van der Waals surface area contributed by atoms with E-state index in [0.29, 0.717) is 6.42 Å². The maximum Gasteiger partial charge on any atom is 0.306 e. The molecule has 0 saturated carbocycles. The van der Waals surface area contributed by atoms with Crippen molar-refractivity contribution in [1.82, 2.24) is 0 Å². The van der Waals surface area contributed by atoms with Crippen molar-refractivity contribution in [2.75, 3.05) is 41.0 Å². The molecule has 330 valence electrons. The van der Waals surface area contributed by atoms with Crippen LogP contribution in [-0.2, 0) is 28.6 Å². The van der Waals surface area contributed by atoms with E-state index in [1.54, 1.807) is 21.1 Å². The molecule has 0 aromatic rings. The van der Waals surface area contributed by atoms with Gasteiger partial charge in [0, 0.05) is 19.3 Å². The molecule has 0 radical (unpaired) electrons. The Labute approximate surface area is 354 Å². The highest BCUT2D eigenvalue weighted by Gasteiger charge is 2.25. The van der Waals surface area contributed by atoms with Crippen LogP contribution in [0.25, 0.3) is 0 Å². The number of quaternary nitrogens is 1. The van der Waals surface area contributed by atoms with Crippen molar-refractivity contribution in [3.05, 3.63) is 85.1 Å². The molecule has 0 heterocycles. The molecule has 0 aliphatic rings. The highest BCUT2D eigenvalue weighted by molar-refractivity contribution is 5.70. The fourth-order valence-corrected chi connectivity index (χ4v) is 5.99. The summed E-state index contributed by atoms with van der Waals surface area (Å²) in [5, 5.41) is 11.6. The third-order valence-electron chi connectivity index (χ3n) is 9.52. The van der Waals surface area contributed by atoms with E-state index in [0.717, 1.165) is 109 Å². The molecule has 58 heavy (non-hydrogen) atoms. The maximum atomic E-state index is 12.7. The summed E-state index contributed by atoms with van der Waals surface area (Å²) in [4.78, 5) is 36.8. The number of unbranched alkanes of at least 4 members (excludes halogenated alkanes) is 11. The third-order valence-corrected chi connectivity index (χ3v) is 9.52.